The first kappa shape index (κ1) is 26.7. The van der Waals surface area contributed by atoms with Crippen molar-refractivity contribution in [2.75, 3.05) is 22.4 Å². The molecule has 3 rings (SSSR count). The molecule has 0 aliphatic carbocycles. The maximum atomic E-state index is 13.0. The lowest BCUT2D eigenvalue weighted by Crippen LogP contribution is -2.37. The Bertz CT molecular complexity index is 1360. The van der Waals surface area contributed by atoms with Crippen molar-refractivity contribution in [3.63, 3.8) is 0 Å². The molecule has 0 saturated heterocycles. The summed E-state index contributed by atoms with van der Waals surface area (Å²) in [6.45, 7) is 5.82. The number of hydrogen-bond acceptors (Lipinski definition) is 4. The summed E-state index contributed by atoms with van der Waals surface area (Å²) >= 11 is 11.9. The van der Waals surface area contributed by atoms with Crippen LogP contribution in [0.1, 0.15) is 42.3 Å². The highest BCUT2D eigenvalue weighted by Crippen LogP contribution is 2.28. The number of benzene rings is 3. The van der Waals surface area contributed by atoms with Crippen LogP contribution in [0.4, 0.5) is 11.4 Å². The highest BCUT2D eigenvalue weighted by molar-refractivity contribution is 7.92. The monoisotopic (exact) mass is 532 g/mol. The third-order valence-corrected chi connectivity index (χ3v) is 7.18. The number of carbonyl (C=O) groups is 2. The topological polar surface area (TPSA) is 83.6 Å². The number of nitrogens with one attached hydrogen (secondary N) is 1. The second kappa shape index (κ2) is 10.4. The minimum Gasteiger partial charge on any atom is -0.324 e. The second-order valence-corrected chi connectivity index (χ2v) is 11.9. The van der Waals surface area contributed by atoms with Crippen LogP contribution in [0.15, 0.2) is 66.7 Å². The zero-order valence-corrected chi connectivity index (χ0v) is 22.1. The van der Waals surface area contributed by atoms with E-state index >= 15 is 0 Å². The molecule has 0 aliphatic rings. The van der Waals surface area contributed by atoms with Gasteiger partial charge < -0.3 is 5.32 Å². The highest BCUT2D eigenvalue weighted by atomic mass is 35.5. The maximum absolute atomic E-state index is 13.0. The summed E-state index contributed by atoms with van der Waals surface area (Å²) in [5, 5.41) is 3.09. The molecule has 9 heteroatoms. The van der Waals surface area contributed by atoms with E-state index in [-0.39, 0.29) is 26.9 Å². The van der Waals surface area contributed by atoms with Crippen molar-refractivity contribution in [2.45, 2.75) is 26.2 Å². The number of sulfonamides is 1. The molecule has 184 valence electrons. The molecule has 0 aliphatic heterocycles. The number of carbonyl (C=O) groups excluding carboxylic acids is 2. The molecule has 3 aromatic rings. The van der Waals surface area contributed by atoms with Gasteiger partial charge in [0, 0.05) is 16.8 Å². The van der Waals surface area contributed by atoms with Gasteiger partial charge in [-0.15, -0.1) is 0 Å². The van der Waals surface area contributed by atoms with E-state index in [1.165, 1.54) is 18.2 Å². The van der Waals surface area contributed by atoms with E-state index in [2.05, 4.69) is 26.1 Å². The summed E-state index contributed by atoms with van der Waals surface area (Å²) in [6, 6.07) is 18.2. The Morgan fingerprint density at radius 2 is 1.54 bits per heavy atom. The van der Waals surface area contributed by atoms with Crippen LogP contribution in [0.3, 0.4) is 0 Å². The molecule has 1 amide bonds. The largest absolute Gasteiger partial charge is 0.324 e. The highest BCUT2D eigenvalue weighted by Gasteiger charge is 2.22. The predicted molar refractivity (Wildman–Crippen MR) is 142 cm³/mol. The van der Waals surface area contributed by atoms with Crippen molar-refractivity contribution in [1.82, 2.24) is 0 Å². The van der Waals surface area contributed by atoms with Crippen molar-refractivity contribution in [3.8, 4) is 0 Å². The van der Waals surface area contributed by atoms with Gasteiger partial charge >= 0.3 is 0 Å². The van der Waals surface area contributed by atoms with E-state index in [0.717, 1.165) is 16.1 Å². The third-order valence-electron chi connectivity index (χ3n) is 5.30. The maximum Gasteiger partial charge on any atom is 0.245 e. The van der Waals surface area contributed by atoms with E-state index in [0.29, 0.717) is 16.8 Å². The van der Waals surface area contributed by atoms with Gasteiger partial charge in [0.15, 0.2) is 5.78 Å². The van der Waals surface area contributed by atoms with Gasteiger partial charge in [-0.2, -0.15) is 0 Å². The number of ketones is 1. The smallest absolute Gasteiger partial charge is 0.245 e. The molecule has 0 atom stereocenters. The molecule has 1 N–H and O–H groups in total. The Hall–Kier alpha value is -2.87. The standard InChI is InChI=1S/C26H26Cl2N2O4S/c1-26(2,3)19-10-8-17(9-11-19)25(32)18-6-5-7-20(14-18)29-24(31)16-30(35(4,33)34)21-12-13-22(27)23(28)15-21/h5-15H,16H2,1-4H3,(H,29,31). The first-order valence-corrected chi connectivity index (χ1v) is 13.3. The fourth-order valence-corrected chi connectivity index (χ4v) is 4.54. The van der Waals surface area contributed by atoms with Crippen LogP contribution in [-0.4, -0.2) is 32.9 Å². The summed E-state index contributed by atoms with van der Waals surface area (Å²) in [5.74, 6) is -0.768. The molecule has 35 heavy (non-hydrogen) atoms. The summed E-state index contributed by atoms with van der Waals surface area (Å²) in [5.41, 5.74) is 2.60. The lowest BCUT2D eigenvalue weighted by Gasteiger charge is -2.22. The average Bonchev–Trinajstić information content (AvgIpc) is 2.78. The number of halogens is 2. The molecule has 0 fully saturated rings. The number of hydrogen-bond donors (Lipinski definition) is 1. The summed E-state index contributed by atoms with van der Waals surface area (Å²) in [6.07, 6.45) is 0.993. The van der Waals surface area contributed by atoms with Crippen LogP contribution in [0.5, 0.6) is 0 Å². The van der Waals surface area contributed by atoms with Crippen molar-refractivity contribution >= 4 is 56.3 Å². The molecule has 0 unspecified atom stereocenters. The molecular weight excluding hydrogens is 507 g/mol. The van der Waals surface area contributed by atoms with Gasteiger partial charge in [-0.1, -0.05) is 80.4 Å². The second-order valence-electron chi connectivity index (χ2n) is 9.15. The Labute approximate surface area is 215 Å². The zero-order valence-electron chi connectivity index (χ0n) is 19.8. The van der Waals surface area contributed by atoms with Gasteiger partial charge in [-0.05, 0) is 41.3 Å². The van der Waals surface area contributed by atoms with Gasteiger partial charge in [0.05, 0.1) is 22.0 Å². The predicted octanol–water partition coefficient (Wildman–Crippen LogP) is 5.93. The Kier molecular flexibility index (Phi) is 7.94. The minimum atomic E-state index is -3.79. The number of rotatable bonds is 7. The lowest BCUT2D eigenvalue weighted by molar-refractivity contribution is -0.114. The molecule has 0 bridgehead atoms. The van der Waals surface area contributed by atoms with E-state index < -0.39 is 22.5 Å². The van der Waals surface area contributed by atoms with E-state index in [1.54, 1.807) is 36.4 Å². The van der Waals surface area contributed by atoms with Gasteiger partial charge in [-0.3, -0.25) is 13.9 Å². The summed E-state index contributed by atoms with van der Waals surface area (Å²) in [4.78, 5) is 25.7. The molecule has 0 aromatic heterocycles. The first-order valence-electron chi connectivity index (χ1n) is 10.7. The molecule has 0 saturated carbocycles. The van der Waals surface area contributed by atoms with Crippen molar-refractivity contribution in [2.24, 2.45) is 0 Å². The fourth-order valence-electron chi connectivity index (χ4n) is 3.40. The first-order chi connectivity index (χ1) is 16.3. The van der Waals surface area contributed by atoms with Crippen molar-refractivity contribution in [3.05, 3.63) is 93.5 Å². The van der Waals surface area contributed by atoms with Crippen LogP contribution in [0, 0.1) is 0 Å². The SMILES string of the molecule is CC(C)(C)c1ccc(C(=O)c2cccc(NC(=O)CN(c3ccc(Cl)c(Cl)c3)S(C)(=O)=O)c2)cc1. The van der Waals surface area contributed by atoms with Gasteiger partial charge in [0.25, 0.3) is 0 Å². The van der Waals surface area contributed by atoms with Crippen LogP contribution >= 0.6 is 23.2 Å². The van der Waals surface area contributed by atoms with Crippen LogP contribution in [0.2, 0.25) is 10.0 Å². The van der Waals surface area contributed by atoms with Crippen molar-refractivity contribution < 1.29 is 18.0 Å². The lowest BCUT2D eigenvalue weighted by atomic mass is 9.86. The molecule has 0 spiro atoms. The molecule has 6 nitrogen and oxygen atoms in total. The molecule has 0 radical (unpaired) electrons. The van der Waals surface area contributed by atoms with E-state index in [1.807, 2.05) is 12.1 Å². The molecular formula is C26H26Cl2N2O4S. The number of nitrogens with zero attached hydrogens (tertiary/aromatic N) is 1. The van der Waals surface area contributed by atoms with Crippen LogP contribution in [-0.2, 0) is 20.2 Å². The van der Waals surface area contributed by atoms with Gasteiger partial charge in [0.1, 0.15) is 6.54 Å². The minimum absolute atomic E-state index is 0.0248. The number of amides is 1. The third kappa shape index (κ3) is 6.84. The van der Waals surface area contributed by atoms with Gasteiger partial charge in [0.2, 0.25) is 15.9 Å². The normalized spacial score (nSPS) is 11.7. The average molecular weight is 533 g/mol. The molecule has 0 heterocycles. The Morgan fingerprint density at radius 3 is 2.11 bits per heavy atom. The van der Waals surface area contributed by atoms with Crippen LogP contribution in [0.25, 0.3) is 0 Å². The van der Waals surface area contributed by atoms with Crippen LogP contribution < -0.4 is 9.62 Å². The van der Waals surface area contributed by atoms with Gasteiger partial charge in [-0.25, -0.2) is 8.42 Å². The molecule has 3 aromatic carbocycles. The van der Waals surface area contributed by atoms with Crippen molar-refractivity contribution in [1.29, 1.82) is 0 Å². The Balaban J connectivity index is 1.77. The van der Waals surface area contributed by atoms with E-state index in [4.69, 9.17) is 23.2 Å². The summed E-state index contributed by atoms with van der Waals surface area (Å²) < 4.78 is 25.6. The zero-order chi connectivity index (χ0) is 26.0. The number of anilines is 2. The van der Waals surface area contributed by atoms with E-state index in [9.17, 15) is 18.0 Å². The summed E-state index contributed by atoms with van der Waals surface area (Å²) in [7, 11) is -3.79. The Morgan fingerprint density at radius 1 is 0.886 bits per heavy atom. The fraction of sp³-hybridized carbons (Fsp3) is 0.231. The quantitative estimate of drug-likeness (QED) is 0.382.